The van der Waals surface area contributed by atoms with E-state index in [-0.39, 0.29) is 11.9 Å². The quantitative estimate of drug-likeness (QED) is 0.631. The maximum absolute atomic E-state index is 12.1. The van der Waals surface area contributed by atoms with Gasteiger partial charge >= 0.3 is 6.03 Å². The van der Waals surface area contributed by atoms with Crippen LogP contribution in [0.4, 0.5) is 4.79 Å². The van der Waals surface area contributed by atoms with Gasteiger partial charge in [0, 0.05) is 18.5 Å². The zero-order valence-corrected chi connectivity index (χ0v) is 15.4. The molecule has 0 saturated carbocycles. The molecule has 25 heavy (non-hydrogen) atoms. The fraction of sp³-hybridized carbons (Fsp3) is 0.389. The van der Waals surface area contributed by atoms with Crippen LogP contribution in [0, 0.1) is 6.92 Å². The Morgan fingerprint density at radius 3 is 2.64 bits per heavy atom. The zero-order chi connectivity index (χ0) is 18.2. The Morgan fingerprint density at radius 1 is 1.24 bits per heavy atom. The lowest BCUT2D eigenvalue weighted by atomic mass is 10.2. The highest BCUT2D eigenvalue weighted by Crippen LogP contribution is 2.31. The monoisotopic (exact) mass is 360 g/mol. The van der Waals surface area contributed by atoms with E-state index in [9.17, 15) is 9.59 Å². The van der Waals surface area contributed by atoms with Crippen molar-refractivity contribution >= 4 is 23.3 Å². The lowest BCUT2D eigenvalue weighted by Crippen LogP contribution is -2.30. The lowest BCUT2D eigenvalue weighted by molar-refractivity contribution is -0.121. The number of carbonyl (C=O) groups is 2. The van der Waals surface area contributed by atoms with E-state index < -0.39 is 6.03 Å². The molecule has 0 radical (unpaired) electrons. The molecule has 1 heterocycles. The third kappa shape index (κ3) is 5.86. The summed E-state index contributed by atoms with van der Waals surface area (Å²) in [5, 5.41) is 6.50. The van der Waals surface area contributed by atoms with Gasteiger partial charge in [0.05, 0.1) is 16.6 Å². The molecule has 1 aromatic heterocycles. The molecule has 0 aliphatic heterocycles. The fourth-order valence-corrected chi connectivity index (χ4v) is 3.59. The molecule has 1 unspecified atom stereocenters. The van der Waals surface area contributed by atoms with Crippen molar-refractivity contribution in [1.29, 1.82) is 0 Å². The largest absolute Gasteiger partial charge is 0.352 e. The second-order valence-corrected chi connectivity index (χ2v) is 6.90. The van der Waals surface area contributed by atoms with Crippen molar-refractivity contribution < 1.29 is 9.59 Å². The van der Waals surface area contributed by atoms with Crippen LogP contribution in [-0.4, -0.2) is 23.5 Å². The van der Waals surface area contributed by atoms with Gasteiger partial charge in [-0.3, -0.25) is 4.79 Å². The number of unbranched alkanes of at least 4 members (excludes halogenated alkanes) is 1. The molecule has 0 saturated heterocycles. The Hall–Kier alpha value is -2.41. The second-order valence-electron chi connectivity index (χ2n) is 5.87. The van der Waals surface area contributed by atoms with Crippen molar-refractivity contribution in [1.82, 2.24) is 15.6 Å². The maximum Gasteiger partial charge on any atom is 0.312 e. The summed E-state index contributed by atoms with van der Waals surface area (Å²) in [6.45, 7) is 4.44. The molecule has 0 aliphatic carbocycles. The number of hydrogen-bond acceptors (Lipinski definition) is 4. The number of nitrogens with one attached hydrogen (secondary N) is 2. The lowest BCUT2D eigenvalue weighted by Gasteiger charge is -2.13. The van der Waals surface area contributed by atoms with E-state index in [1.165, 1.54) is 0 Å². The number of aryl methyl sites for hydroxylation is 1. The molecule has 134 valence electrons. The molecule has 1 atom stereocenters. The van der Waals surface area contributed by atoms with Gasteiger partial charge in [0.2, 0.25) is 5.91 Å². The Kier molecular flexibility index (Phi) is 6.94. The number of rotatable bonds is 8. The molecular formula is C18H24N4O2S. The Balaban J connectivity index is 1.86. The number of primary amides is 1. The summed E-state index contributed by atoms with van der Waals surface area (Å²) in [7, 11) is 0. The van der Waals surface area contributed by atoms with Gasteiger partial charge in [-0.15, -0.1) is 11.3 Å². The number of aromatic nitrogens is 1. The van der Waals surface area contributed by atoms with E-state index in [0.29, 0.717) is 19.4 Å². The number of hydrogen-bond donors (Lipinski definition) is 3. The summed E-state index contributed by atoms with van der Waals surface area (Å²) in [6.07, 6.45) is 1.85. The first-order chi connectivity index (χ1) is 12.0. The minimum Gasteiger partial charge on any atom is -0.352 e. The maximum atomic E-state index is 12.1. The van der Waals surface area contributed by atoms with E-state index in [1.54, 1.807) is 11.3 Å². The van der Waals surface area contributed by atoms with Gasteiger partial charge in [-0.25, -0.2) is 9.78 Å². The second kappa shape index (κ2) is 9.17. The van der Waals surface area contributed by atoms with Crippen molar-refractivity contribution in [3.63, 3.8) is 0 Å². The first kappa shape index (κ1) is 18.9. The highest BCUT2D eigenvalue weighted by Gasteiger charge is 2.17. The van der Waals surface area contributed by atoms with Crippen LogP contribution in [0.5, 0.6) is 0 Å². The van der Waals surface area contributed by atoms with Crippen LogP contribution in [0.2, 0.25) is 0 Å². The van der Waals surface area contributed by atoms with E-state index in [4.69, 9.17) is 5.73 Å². The number of benzene rings is 1. The number of urea groups is 1. The van der Waals surface area contributed by atoms with Gasteiger partial charge in [0.25, 0.3) is 0 Å². The standard InChI is InChI=1S/C18H24N4O2S/c1-12(21-15(23)10-6-7-11-20-18(19)24)16-13(2)22-17(25-16)14-8-4-3-5-9-14/h3-5,8-9,12H,6-7,10-11H2,1-2H3,(H,21,23)(H3,19,20,24). The highest BCUT2D eigenvalue weighted by atomic mass is 32.1. The molecule has 0 spiro atoms. The summed E-state index contributed by atoms with van der Waals surface area (Å²) >= 11 is 1.61. The molecule has 0 fully saturated rings. The van der Waals surface area contributed by atoms with Crippen LogP contribution < -0.4 is 16.4 Å². The molecule has 3 amide bonds. The van der Waals surface area contributed by atoms with Crippen LogP contribution in [-0.2, 0) is 4.79 Å². The normalized spacial score (nSPS) is 11.8. The summed E-state index contributed by atoms with van der Waals surface area (Å²) in [6, 6.07) is 9.41. The number of nitrogens with two attached hydrogens (primary N) is 1. The van der Waals surface area contributed by atoms with Crippen LogP contribution in [0.25, 0.3) is 10.6 Å². The van der Waals surface area contributed by atoms with Crippen molar-refractivity contribution in [3.05, 3.63) is 40.9 Å². The molecule has 0 bridgehead atoms. The Bertz CT molecular complexity index is 715. The third-order valence-electron chi connectivity index (χ3n) is 3.75. The van der Waals surface area contributed by atoms with Crippen LogP contribution >= 0.6 is 11.3 Å². The SMILES string of the molecule is Cc1nc(-c2ccccc2)sc1C(C)NC(=O)CCCCNC(N)=O. The van der Waals surface area contributed by atoms with Crippen molar-refractivity contribution in [2.75, 3.05) is 6.54 Å². The summed E-state index contributed by atoms with van der Waals surface area (Å²) in [5.41, 5.74) is 7.02. The fourth-order valence-electron chi connectivity index (χ4n) is 2.52. The third-order valence-corrected chi connectivity index (χ3v) is 5.14. The van der Waals surface area contributed by atoms with Crippen LogP contribution in [0.15, 0.2) is 30.3 Å². The minimum atomic E-state index is -0.534. The predicted molar refractivity (Wildman–Crippen MR) is 100 cm³/mol. The average Bonchev–Trinajstić information content (AvgIpc) is 2.97. The number of carbonyl (C=O) groups excluding carboxylic acids is 2. The Morgan fingerprint density at radius 2 is 1.96 bits per heavy atom. The number of nitrogens with zero attached hydrogens (tertiary/aromatic N) is 1. The smallest absolute Gasteiger partial charge is 0.312 e. The molecule has 7 heteroatoms. The van der Waals surface area contributed by atoms with E-state index in [0.717, 1.165) is 27.6 Å². The Labute approximate surface area is 151 Å². The van der Waals surface area contributed by atoms with Crippen molar-refractivity contribution in [3.8, 4) is 10.6 Å². The molecular weight excluding hydrogens is 336 g/mol. The molecule has 2 aromatic rings. The first-order valence-electron chi connectivity index (χ1n) is 8.32. The summed E-state index contributed by atoms with van der Waals surface area (Å²) in [5.74, 6) is 0.000589. The summed E-state index contributed by atoms with van der Waals surface area (Å²) < 4.78 is 0. The number of amides is 3. The van der Waals surface area contributed by atoms with Gasteiger partial charge in [-0.1, -0.05) is 30.3 Å². The zero-order valence-electron chi connectivity index (χ0n) is 14.5. The molecule has 1 aromatic carbocycles. The van der Waals surface area contributed by atoms with Gasteiger partial charge < -0.3 is 16.4 Å². The number of thiazole rings is 1. The minimum absolute atomic E-state index is 0.000589. The van der Waals surface area contributed by atoms with E-state index in [2.05, 4.69) is 15.6 Å². The van der Waals surface area contributed by atoms with Gasteiger partial charge in [0.15, 0.2) is 0 Å². The molecule has 6 nitrogen and oxygen atoms in total. The van der Waals surface area contributed by atoms with Crippen molar-refractivity contribution in [2.24, 2.45) is 5.73 Å². The van der Waals surface area contributed by atoms with Gasteiger partial charge in [0.1, 0.15) is 5.01 Å². The average molecular weight is 360 g/mol. The highest BCUT2D eigenvalue weighted by molar-refractivity contribution is 7.15. The van der Waals surface area contributed by atoms with Crippen LogP contribution in [0.3, 0.4) is 0 Å². The van der Waals surface area contributed by atoms with E-state index >= 15 is 0 Å². The summed E-state index contributed by atoms with van der Waals surface area (Å²) in [4.78, 5) is 28.3. The molecule has 0 aliphatic rings. The molecule has 2 rings (SSSR count). The predicted octanol–water partition coefficient (Wildman–Crippen LogP) is 3.13. The topological polar surface area (TPSA) is 97.1 Å². The molecule has 4 N–H and O–H groups in total. The van der Waals surface area contributed by atoms with E-state index in [1.807, 2.05) is 44.2 Å². The van der Waals surface area contributed by atoms with Crippen molar-refractivity contribution in [2.45, 2.75) is 39.2 Å². The van der Waals surface area contributed by atoms with Gasteiger partial charge in [-0.05, 0) is 26.7 Å². The van der Waals surface area contributed by atoms with Gasteiger partial charge in [-0.2, -0.15) is 0 Å². The van der Waals surface area contributed by atoms with Crippen LogP contribution in [0.1, 0.15) is 42.8 Å². The first-order valence-corrected chi connectivity index (χ1v) is 9.14.